The lowest BCUT2D eigenvalue weighted by atomic mass is 9.99. The Hall–Kier alpha value is -5.80. The lowest BCUT2D eigenvalue weighted by Gasteiger charge is -2.25. The fourth-order valence-corrected chi connectivity index (χ4v) is 6.08. The van der Waals surface area contributed by atoms with Crippen LogP contribution in [0.15, 0.2) is 167 Å². The summed E-state index contributed by atoms with van der Waals surface area (Å²) in [5.74, 6) is 0. The van der Waals surface area contributed by atoms with Crippen LogP contribution < -0.4 is 4.90 Å². The molecule has 3 heteroatoms. The van der Waals surface area contributed by atoms with E-state index < -0.39 is 0 Å². The van der Waals surface area contributed by atoms with Gasteiger partial charge in [0.2, 0.25) is 0 Å². The van der Waals surface area contributed by atoms with Crippen LogP contribution in [0, 0.1) is 0 Å². The summed E-state index contributed by atoms with van der Waals surface area (Å²) in [6, 6.07) is 42.3. The predicted octanol–water partition coefficient (Wildman–Crippen LogP) is 11.7. The standard InChI is InChI=1S/C40H27NO2/c1-2-3-4-11-23-41(35-18-12-20-38-40(35)31-16-8-10-19-36(31)42-38)34-17-9-7-15-30(34)29-21-22-37-32(25-29)33-24-27-13-5-6-14-28(27)26-39(33)43-37/h2-26H,1H2/b4-3-,23-11+. The summed E-state index contributed by atoms with van der Waals surface area (Å²) in [5.41, 5.74) is 7.84. The zero-order valence-electron chi connectivity index (χ0n) is 23.4. The summed E-state index contributed by atoms with van der Waals surface area (Å²) >= 11 is 0. The molecule has 0 bridgehead atoms. The zero-order valence-corrected chi connectivity index (χ0v) is 23.4. The van der Waals surface area contributed by atoms with Crippen molar-refractivity contribution in [1.82, 2.24) is 0 Å². The number of hydrogen-bond acceptors (Lipinski definition) is 3. The third-order valence-corrected chi connectivity index (χ3v) is 8.05. The molecule has 0 N–H and O–H groups in total. The molecule has 0 saturated heterocycles. The maximum absolute atomic E-state index is 6.31. The van der Waals surface area contributed by atoms with Crippen LogP contribution in [0.1, 0.15) is 0 Å². The first-order valence-corrected chi connectivity index (χ1v) is 14.4. The van der Waals surface area contributed by atoms with Crippen molar-refractivity contribution in [1.29, 1.82) is 0 Å². The smallest absolute Gasteiger partial charge is 0.137 e. The molecular formula is C40H27NO2. The lowest BCUT2D eigenvalue weighted by molar-refractivity contribution is 0.668. The van der Waals surface area contributed by atoms with Gasteiger partial charge < -0.3 is 13.7 Å². The average molecular weight is 554 g/mol. The van der Waals surface area contributed by atoms with Gasteiger partial charge in [-0.1, -0.05) is 97.6 Å². The molecule has 3 nitrogen and oxygen atoms in total. The summed E-state index contributed by atoms with van der Waals surface area (Å²) < 4.78 is 12.6. The second-order valence-electron chi connectivity index (χ2n) is 10.6. The number of fused-ring (bicyclic) bond motifs is 7. The number of allylic oxidation sites excluding steroid dienone is 4. The Bertz CT molecular complexity index is 2380. The van der Waals surface area contributed by atoms with Gasteiger partial charge in [0.05, 0.1) is 16.8 Å². The monoisotopic (exact) mass is 553 g/mol. The highest BCUT2D eigenvalue weighted by molar-refractivity contribution is 6.14. The Labute approximate surface area is 248 Å². The first kappa shape index (κ1) is 25.0. The van der Waals surface area contributed by atoms with Crippen LogP contribution in [-0.2, 0) is 0 Å². The van der Waals surface area contributed by atoms with Crippen LogP contribution in [0.4, 0.5) is 11.4 Å². The average Bonchev–Trinajstić information content (AvgIpc) is 3.61. The molecule has 43 heavy (non-hydrogen) atoms. The highest BCUT2D eigenvalue weighted by atomic mass is 16.3. The number of hydrogen-bond donors (Lipinski definition) is 0. The van der Waals surface area contributed by atoms with Gasteiger partial charge in [0.25, 0.3) is 0 Å². The van der Waals surface area contributed by atoms with Gasteiger partial charge in [-0.3, -0.25) is 0 Å². The predicted molar refractivity (Wildman–Crippen MR) is 181 cm³/mol. The largest absolute Gasteiger partial charge is 0.456 e. The van der Waals surface area contributed by atoms with Gasteiger partial charge in [-0.15, -0.1) is 0 Å². The normalized spacial score (nSPS) is 12.1. The van der Waals surface area contributed by atoms with E-state index in [9.17, 15) is 0 Å². The summed E-state index contributed by atoms with van der Waals surface area (Å²) in [6.45, 7) is 3.82. The molecule has 8 rings (SSSR count). The zero-order chi connectivity index (χ0) is 28.8. The third kappa shape index (κ3) is 4.22. The first-order chi connectivity index (χ1) is 21.3. The van der Waals surface area contributed by atoms with Crippen LogP contribution >= 0.6 is 0 Å². The molecule has 6 aromatic carbocycles. The van der Waals surface area contributed by atoms with E-state index in [4.69, 9.17) is 8.83 Å². The fourth-order valence-electron chi connectivity index (χ4n) is 6.08. The minimum Gasteiger partial charge on any atom is -0.456 e. The van der Waals surface area contributed by atoms with Gasteiger partial charge in [-0.05, 0) is 70.9 Å². The molecular weight excluding hydrogens is 526 g/mol. The van der Waals surface area contributed by atoms with Crippen LogP contribution in [0.5, 0.6) is 0 Å². The molecule has 204 valence electrons. The van der Waals surface area contributed by atoms with Crippen molar-refractivity contribution in [3.05, 3.63) is 158 Å². The number of rotatable bonds is 6. The first-order valence-electron chi connectivity index (χ1n) is 14.4. The van der Waals surface area contributed by atoms with E-state index >= 15 is 0 Å². The van der Waals surface area contributed by atoms with E-state index in [1.807, 2.05) is 36.4 Å². The fraction of sp³-hybridized carbons (Fsp3) is 0. The van der Waals surface area contributed by atoms with E-state index in [1.165, 1.54) is 10.8 Å². The summed E-state index contributed by atoms with van der Waals surface area (Å²) in [4.78, 5) is 2.25. The maximum Gasteiger partial charge on any atom is 0.137 e. The molecule has 0 fully saturated rings. The Balaban J connectivity index is 1.34. The second-order valence-corrected chi connectivity index (χ2v) is 10.6. The van der Waals surface area contributed by atoms with E-state index in [1.54, 1.807) is 6.08 Å². The number of benzene rings is 6. The Kier molecular flexibility index (Phi) is 5.94. The molecule has 0 aliphatic carbocycles. The highest BCUT2D eigenvalue weighted by Crippen LogP contribution is 2.43. The topological polar surface area (TPSA) is 29.5 Å². The van der Waals surface area contributed by atoms with E-state index in [0.29, 0.717) is 0 Å². The Morgan fingerprint density at radius 1 is 0.512 bits per heavy atom. The van der Waals surface area contributed by atoms with Crippen molar-refractivity contribution in [2.45, 2.75) is 0 Å². The number of para-hydroxylation sites is 2. The van der Waals surface area contributed by atoms with E-state index in [-0.39, 0.29) is 0 Å². The molecule has 0 radical (unpaired) electrons. The van der Waals surface area contributed by atoms with Gasteiger partial charge in [-0.25, -0.2) is 0 Å². The van der Waals surface area contributed by atoms with Crippen LogP contribution in [0.3, 0.4) is 0 Å². The highest BCUT2D eigenvalue weighted by Gasteiger charge is 2.19. The summed E-state index contributed by atoms with van der Waals surface area (Å²) in [5, 5.41) is 6.76. The Morgan fingerprint density at radius 2 is 1.21 bits per heavy atom. The quantitative estimate of drug-likeness (QED) is 0.192. The number of furan rings is 2. The molecule has 0 aliphatic rings. The van der Waals surface area contributed by atoms with Gasteiger partial charge in [0, 0.05) is 27.9 Å². The molecule has 2 aromatic heterocycles. The van der Waals surface area contributed by atoms with Crippen LogP contribution in [0.2, 0.25) is 0 Å². The van der Waals surface area contributed by atoms with Crippen molar-refractivity contribution >= 4 is 66.0 Å². The van der Waals surface area contributed by atoms with Gasteiger partial charge in [0.15, 0.2) is 0 Å². The molecule has 0 spiro atoms. The minimum atomic E-state index is 0.856. The molecule has 0 aliphatic heterocycles. The second kappa shape index (κ2) is 10.2. The van der Waals surface area contributed by atoms with Crippen molar-refractivity contribution in [2.24, 2.45) is 0 Å². The van der Waals surface area contributed by atoms with Crippen LogP contribution in [-0.4, -0.2) is 0 Å². The molecule has 8 aromatic rings. The summed E-state index contributed by atoms with van der Waals surface area (Å²) in [7, 11) is 0. The number of nitrogens with zero attached hydrogens (tertiary/aromatic N) is 1. The van der Waals surface area contributed by atoms with E-state index in [0.717, 1.165) is 66.4 Å². The lowest BCUT2D eigenvalue weighted by Crippen LogP contribution is -2.10. The van der Waals surface area contributed by atoms with Crippen molar-refractivity contribution in [2.75, 3.05) is 4.90 Å². The van der Waals surface area contributed by atoms with E-state index in [2.05, 4.69) is 121 Å². The minimum absolute atomic E-state index is 0.856. The molecule has 0 unspecified atom stereocenters. The number of anilines is 2. The Morgan fingerprint density at radius 3 is 2.12 bits per heavy atom. The van der Waals surface area contributed by atoms with Crippen molar-refractivity contribution < 1.29 is 8.83 Å². The van der Waals surface area contributed by atoms with Gasteiger partial charge in [0.1, 0.15) is 22.3 Å². The molecule has 0 amide bonds. The SMILES string of the molecule is C=C/C=C\C=C\N(c1ccccc1-c1ccc2oc3cc4ccccc4cc3c2c1)c1cccc2oc3ccccc3c12. The van der Waals surface area contributed by atoms with Crippen LogP contribution in [0.25, 0.3) is 65.8 Å². The van der Waals surface area contributed by atoms with Crippen molar-refractivity contribution in [3.8, 4) is 11.1 Å². The third-order valence-electron chi connectivity index (χ3n) is 8.05. The molecule has 0 saturated carbocycles. The van der Waals surface area contributed by atoms with Gasteiger partial charge >= 0.3 is 0 Å². The molecule has 0 atom stereocenters. The van der Waals surface area contributed by atoms with Gasteiger partial charge in [-0.2, -0.15) is 0 Å². The summed E-state index contributed by atoms with van der Waals surface area (Å²) in [6.07, 6.45) is 9.84. The maximum atomic E-state index is 6.31. The van der Waals surface area contributed by atoms with Crippen molar-refractivity contribution in [3.63, 3.8) is 0 Å². The molecule has 2 heterocycles.